The number of unbranched alkanes of at least 4 members (excludes halogenated alkanes) is 1. The second-order valence-electron chi connectivity index (χ2n) is 2.81. The largest absolute Gasteiger partial charge is 0.310 e. The van der Waals surface area contributed by atoms with E-state index in [1.165, 1.54) is 6.33 Å². The maximum Gasteiger partial charge on any atom is 0.141 e. The van der Waals surface area contributed by atoms with Crippen LogP contribution in [0.4, 0.5) is 0 Å². The molecule has 13 heavy (non-hydrogen) atoms. The highest BCUT2D eigenvalue weighted by atomic mass is 15.2. The Morgan fingerprint density at radius 1 is 1.77 bits per heavy atom. The molecule has 1 aromatic heterocycles. The molecule has 2 N–H and O–H groups in total. The molecule has 0 aliphatic carbocycles. The fraction of sp³-hybridized carbons (Fsp3) is 0.556. The summed E-state index contributed by atoms with van der Waals surface area (Å²) in [6.07, 6.45) is 9.48. The lowest BCUT2D eigenvalue weighted by molar-refractivity contribution is 0.507. The quantitative estimate of drug-likeness (QED) is 0.519. The van der Waals surface area contributed by atoms with Crippen LogP contribution in [0.5, 0.6) is 0 Å². The van der Waals surface area contributed by atoms with Gasteiger partial charge in [-0.25, -0.2) is 4.98 Å². The number of rotatable bonds is 5. The summed E-state index contributed by atoms with van der Waals surface area (Å²) in [5.41, 5.74) is 0. The highest BCUT2D eigenvalue weighted by Gasteiger charge is 2.10. The van der Waals surface area contributed by atoms with E-state index in [4.69, 9.17) is 6.42 Å². The SMILES string of the molecule is C#CCCCC(NC)c1ncn[nH]1. The number of hydrogen-bond donors (Lipinski definition) is 2. The third-order valence-electron chi connectivity index (χ3n) is 1.93. The van der Waals surface area contributed by atoms with Gasteiger partial charge in [-0.3, -0.25) is 5.10 Å². The van der Waals surface area contributed by atoms with Crippen LogP contribution in [0.15, 0.2) is 6.33 Å². The molecule has 70 valence electrons. The molecule has 0 fully saturated rings. The lowest BCUT2D eigenvalue weighted by Gasteiger charge is -2.11. The first kappa shape index (κ1) is 9.75. The first-order valence-electron chi connectivity index (χ1n) is 4.34. The molecule has 0 saturated heterocycles. The molecule has 4 heteroatoms. The number of nitrogens with zero attached hydrogens (tertiary/aromatic N) is 2. The van der Waals surface area contributed by atoms with Crippen LogP contribution in [0.3, 0.4) is 0 Å². The van der Waals surface area contributed by atoms with Crippen LogP contribution in [0, 0.1) is 12.3 Å². The van der Waals surface area contributed by atoms with Gasteiger partial charge in [0.05, 0.1) is 6.04 Å². The van der Waals surface area contributed by atoms with Crippen molar-refractivity contribution in [1.82, 2.24) is 20.5 Å². The minimum Gasteiger partial charge on any atom is -0.310 e. The van der Waals surface area contributed by atoms with E-state index in [0.717, 1.165) is 25.1 Å². The fourth-order valence-corrected chi connectivity index (χ4v) is 1.21. The molecule has 4 nitrogen and oxygen atoms in total. The summed E-state index contributed by atoms with van der Waals surface area (Å²) in [6.45, 7) is 0. The van der Waals surface area contributed by atoms with Gasteiger partial charge < -0.3 is 5.32 Å². The van der Waals surface area contributed by atoms with Crippen molar-refractivity contribution in [2.24, 2.45) is 0 Å². The Labute approximate surface area is 78.2 Å². The standard InChI is InChI=1S/C9H14N4/c1-3-4-5-6-8(10-2)9-11-7-12-13-9/h1,7-8,10H,4-6H2,2H3,(H,11,12,13). The van der Waals surface area contributed by atoms with Crippen LogP contribution in [0.1, 0.15) is 31.1 Å². The molecule has 0 aromatic carbocycles. The molecule has 0 bridgehead atoms. The molecule has 0 aliphatic heterocycles. The third-order valence-corrected chi connectivity index (χ3v) is 1.93. The summed E-state index contributed by atoms with van der Waals surface area (Å²) >= 11 is 0. The first-order chi connectivity index (χ1) is 6.38. The van der Waals surface area contributed by atoms with Gasteiger partial charge in [-0.15, -0.1) is 12.3 Å². The summed E-state index contributed by atoms with van der Waals surface area (Å²) in [4.78, 5) is 4.09. The van der Waals surface area contributed by atoms with Crippen LogP contribution >= 0.6 is 0 Å². The number of nitrogens with one attached hydrogen (secondary N) is 2. The summed E-state index contributed by atoms with van der Waals surface area (Å²) in [7, 11) is 1.91. The summed E-state index contributed by atoms with van der Waals surface area (Å²) in [5.74, 6) is 3.49. The van der Waals surface area contributed by atoms with Gasteiger partial charge in [-0.05, 0) is 19.9 Å². The predicted molar refractivity (Wildman–Crippen MR) is 50.9 cm³/mol. The first-order valence-corrected chi connectivity index (χ1v) is 4.34. The van der Waals surface area contributed by atoms with Gasteiger partial charge in [0.15, 0.2) is 0 Å². The molecule has 1 atom stereocenters. The monoisotopic (exact) mass is 178 g/mol. The minimum atomic E-state index is 0.232. The molecule has 1 aromatic rings. The number of hydrogen-bond acceptors (Lipinski definition) is 3. The van der Waals surface area contributed by atoms with E-state index >= 15 is 0 Å². The van der Waals surface area contributed by atoms with Gasteiger partial charge in [0.1, 0.15) is 12.2 Å². The number of aromatic nitrogens is 3. The molecule has 1 unspecified atom stereocenters. The van der Waals surface area contributed by atoms with E-state index in [9.17, 15) is 0 Å². The van der Waals surface area contributed by atoms with Gasteiger partial charge in [0.25, 0.3) is 0 Å². The second kappa shape index (κ2) is 5.33. The smallest absolute Gasteiger partial charge is 0.141 e. The average molecular weight is 178 g/mol. The molecule has 0 amide bonds. The fourth-order valence-electron chi connectivity index (χ4n) is 1.21. The van der Waals surface area contributed by atoms with Gasteiger partial charge >= 0.3 is 0 Å². The van der Waals surface area contributed by atoms with Crippen molar-refractivity contribution in [3.63, 3.8) is 0 Å². The van der Waals surface area contributed by atoms with Crippen LogP contribution < -0.4 is 5.32 Å². The zero-order chi connectivity index (χ0) is 9.52. The summed E-state index contributed by atoms with van der Waals surface area (Å²) in [6, 6.07) is 0.232. The van der Waals surface area contributed by atoms with Crippen molar-refractivity contribution in [2.75, 3.05) is 7.05 Å². The van der Waals surface area contributed by atoms with E-state index in [0.29, 0.717) is 0 Å². The van der Waals surface area contributed by atoms with Crippen LogP contribution in [0.2, 0.25) is 0 Å². The lowest BCUT2D eigenvalue weighted by atomic mass is 10.1. The maximum atomic E-state index is 5.17. The Balaban J connectivity index is 2.41. The van der Waals surface area contributed by atoms with Crippen LogP contribution in [0.25, 0.3) is 0 Å². The summed E-state index contributed by atoms with van der Waals surface area (Å²) < 4.78 is 0. The third kappa shape index (κ3) is 2.88. The van der Waals surface area contributed by atoms with Crippen molar-refractivity contribution in [3.05, 3.63) is 12.2 Å². The molecule has 0 aliphatic rings. The van der Waals surface area contributed by atoms with Crippen LogP contribution in [-0.2, 0) is 0 Å². The van der Waals surface area contributed by atoms with Crippen LogP contribution in [-0.4, -0.2) is 22.2 Å². The van der Waals surface area contributed by atoms with E-state index in [2.05, 4.69) is 26.4 Å². The maximum absolute atomic E-state index is 5.17. The van der Waals surface area contributed by atoms with Crippen molar-refractivity contribution in [2.45, 2.75) is 25.3 Å². The molecule has 1 heterocycles. The highest BCUT2D eigenvalue weighted by molar-refractivity contribution is 4.91. The Morgan fingerprint density at radius 2 is 2.62 bits per heavy atom. The Morgan fingerprint density at radius 3 is 3.15 bits per heavy atom. The Hall–Kier alpha value is -1.34. The zero-order valence-electron chi connectivity index (χ0n) is 7.75. The Bertz CT molecular complexity index is 260. The summed E-state index contributed by atoms with van der Waals surface area (Å²) in [5, 5.41) is 9.80. The van der Waals surface area contributed by atoms with Crippen molar-refractivity contribution < 1.29 is 0 Å². The topological polar surface area (TPSA) is 53.6 Å². The highest BCUT2D eigenvalue weighted by Crippen LogP contribution is 2.13. The number of aromatic amines is 1. The van der Waals surface area contributed by atoms with Gasteiger partial charge in [-0.1, -0.05) is 0 Å². The van der Waals surface area contributed by atoms with E-state index in [1.807, 2.05) is 7.05 Å². The van der Waals surface area contributed by atoms with Gasteiger partial charge in [0.2, 0.25) is 0 Å². The lowest BCUT2D eigenvalue weighted by Crippen LogP contribution is -2.17. The predicted octanol–water partition coefficient (Wildman–Crippen LogP) is 0.869. The van der Waals surface area contributed by atoms with Crippen molar-refractivity contribution in [1.29, 1.82) is 0 Å². The molecule has 0 radical (unpaired) electrons. The van der Waals surface area contributed by atoms with E-state index < -0.39 is 0 Å². The number of terminal acetylenes is 1. The van der Waals surface area contributed by atoms with Crippen molar-refractivity contribution >= 4 is 0 Å². The second-order valence-corrected chi connectivity index (χ2v) is 2.81. The molecule has 1 rings (SSSR count). The average Bonchev–Trinajstić information content (AvgIpc) is 2.65. The Kier molecular flexibility index (Phi) is 4.00. The minimum absolute atomic E-state index is 0.232. The normalized spacial score (nSPS) is 12.3. The molecule has 0 saturated carbocycles. The van der Waals surface area contributed by atoms with Gasteiger partial charge in [0, 0.05) is 6.42 Å². The zero-order valence-corrected chi connectivity index (χ0v) is 7.75. The molecular weight excluding hydrogens is 164 g/mol. The molecule has 0 spiro atoms. The van der Waals surface area contributed by atoms with Gasteiger partial charge in [-0.2, -0.15) is 5.10 Å². The number of H-pyrrole nitrogens is 1. The van der Waals surface area contributed by atoms with E-state index in [-0.39, 0.29) is 6.04 Å². The van der Waals surface area contributed by atoms with E-state index in [1.54, 1.807) is 0 Å². The molecular formula is C9H14N4. The van der Waals surface area contributed by atoms with Crippen molar-refractivity contribution in [3.8, 4) is 12.3 Å².